The van der Waals surface area contributed by atoms with Gasteiger partial charge in [-0.15, -0.1) is 0 Å². The van der Waals surface area contributed by atoms with Crippen LogP contribution in [0.25, 0.3) is 11.1 Å². The first-order valence-corrected chi connectivity index (χ1v) is 13.5. The van der Waals surface area contributed by atoms with E-state index in [4.69, 9.17) is 25.8 Å². The number of carboxylic acids is 1. The lowest BCUT2D eigenvalue weighted by molar-refractivity contribution is 0.0173. The molecule has 2 aliphatic carbocycles. The molecule has 0 atom stereocenters. The van der Waals surface area contributed by atoms with Gasteiger partial charge >= 0.3 is 5.97 Å². The molecule has 7 heteroatoms. The van der Waals surface area contributed by atoms with Gasteiger partial charge in [0.25, 0.3) is 0 Å². The number of halogens is 1. The molecule has 0 saturated heterocycles. The van der Waals surface area contributed by atoms with E-state index in [9.17, 15) is 9.90 Å². The molecule has 39 heavy (non-hydrogen) atoms. The lowest BCUT2D eigenvalue weighted by Crippen LogP contribution is -2.14. The SMILES string of the molecule is O=C(O)c1ccccc1OCc1ccc(Cl)c(COC2(c3cnccc3-c3ccccc3OC3CC3)CC2)c1. The van der Waals surface area contributed by atoms with Crippen molar-refractivity contribution < 1.29 is 24.1 Å². The summed E-state index contributed by atoms with van der Waals surface area (Å²) in [4.78, 5) is 15.9. The van der Waals surface area contributed by atoms with Crippen molar-refractivity contribution in [3.63, 3.8) is 0 Å². The summed E-state index contributed by atoms with van der Waals surface area (Å²) in [5, 5.41) is 10.0. The number of rotatable bonds is 11. The van der Waals surface area contributed by atoms with Crippen molar-refractivity contribution in [1.82, 2.24) is 4.98 Å². The van der Waals surface area contributed by atoms with Crippen molar-refractivity contribution in [3.8, 4) is 22.6 Å². The predicted molar refractivity (Wildman–Crippen MR) is 148 cm³/mol. The summed E-state index contributed by atoms with van der Waals surface area (Å²) in [6.07, 6.45) is 8.00. The number of benzene rings is 3. The fraction of sp³-hybridized carbons (Fsp3) is 0.250. The topological polar surface area (TPSA) is 77.9 Å². The van der Waals surface area contributed by atoms with Crippen LogP contribution < -0.4 is 9.47 Å². The summed E-state index contributed by atoms with van der Waals surface area (Å²) in [6.45, 7) is 0.539. The zero-order valence-electron chi connectivity index (χ0n) is 21.3. The summed E-state index contributed by atoms with van der Waals surface area (Å²) in [6, 6.07) is 22.4. The Morgan fingerprint density at radius 3 is 2.49 bits per heavy atom. The summed E-state index contributed by atoms with van der Waals surface area (Å²) in [5.74, 6) is 0.190. The Labute approximate surface area is 232 Å². The van der Waals surface area contributed by atoms with Crippen molar-refractivity contribution in [2.24, 2.45) is 0 Å². The third-order valence-electron chi connectivity index (χ3n) is 7.14. The summed E-state index contributed by atoms with van der Waals surface area (Å²) >= 11 is 6.55. The van der Waals surface area contributed by atoms with E-state index in [-0.39, 0.29) is 12.2 Å². The molecule has 0 aliphatic heterocycles. The Balaban J connectivity index is 1.20. The number of hydrogen-bond acceptors (Lipinski definition) is 5. The standard InChI is InChI=1S/C32H28ClNO5/c33-28-12-9-21(19-37-29-7-3-2-6-26(29)31(35)36)17-22(28)20-38-32(14-15-32)27-18-34-16-13-24(27)25-5-1-4-8-30(25)39-23-10-11-23/h1-9,12-13,16-18,23H,10-11,14-15,19-20H2,(H,35,36). The largest absolute Gasteiger partial charge is 0.490 e. The van der Waals surface area contributed by atoms with E-state index in [1.54, 1.807) is 18.2 Å². The van der Waals surface area contributed by atoms with Crippen LogP contribution in [0.5, 0.6) is 11.5 Å². The minimum absolute atomic E-state index is 0.127. The monoisotopic (exact) mass is 541 g/mol. The second-order valence-electron chi connectivity index (χ2n) is 10.0. The van der Waals surface area contributed by atoms with E-state index >= 15 is 0 Å². The third-order valence-corrected chi connectivity index (χ3v) is 7.51. The van der Waals surface area contributed by atoms with Gasteiger partial charge in [0, 0.05) is 28.5 Å². The highest BCUT2D eigenvalue weighted by Gasteiger charge is 2.47. The molecule has 6 nitrogen and oxygen atoms in total. The average Bonchev–Trinajstić information content (AvgIpc) is 3.90. The number of hydrogen-bond donors (Lipinski definition) is 1. The fourth-order valence-corrected chi connectivity index (χ4v) is 4.90. The minimum atomic E-state index is -1.03. The predicted octanol–water partition coefficient (Wildman–Crippen LogP) is 7.43. The number of pyridine rings is 1. The smallest absolute Gasteiger partial charge is 0.339 e. The van der Waals surface area contributed by atoms with Gasteiger partial charge in [-0.25, -0.2) is 4.79 Å². The van der Waals surface area contributed by atoms with Crippen LogP contribution in [-0.4, -0.2) is 22.2 Å². The van der Waals surface area contributed by atoms with E-state index in [0.29, 0.717) is 23.5 Å². The highest BCUT2D eigenvalue weighted by atomic mass is 35.5. The second kappa shape index (κ2) is 10.7. The van der Waals surface area contributed by atoms with Gasteiger partial charge in [0.05, 0.1) is 18.3 Å². The maximum absolute atomic E-state index is 11.5. The molecule has 0 unspecified atom stereocenters. The number of nitrogens with zero attached hydrogens (tertiary/aromatic N) is 1. The lowest BCUT2D eigenvalue weighted by Gasteiger charge is -2.22. The van der Waals surface area contributed by atoms with Gasteiger partial charge in [-0.2, -0.15) is 0 Å². The summed E-state index contributed by atoms with van der Waals surface area (Å²) in [7, 11) is 0. The van der Waals surface area contributed by atoms with Gasteiger partial charge in [-0.05, 0) is 78.8 Å². The lowest BCUT2D eigenvalue weighted by atomic mass is 9.96. The zero-order valence-corrected chi connectivity index (χ0v) is 22.1. The number of ether oxygens (including phenoxy) is 3. The molecule has 0 amide bonds. The van der Waals surface area contributed by atoms with Crippen LogP contribution in [0.2, 0.25) is 5.02 Å². The Morgan fingerprint density at radius 1 is 0.949 bits per heavy atom. The molecule has 2 saturated carbocycles. The van der Waals surface area contributed by atoms with Crippen molar-refractivity contribution in [2.45, 2.75) is 50.6 Å². The molecule has 6 rings (SSSR count). The molecular formula is C32H28ClNO5. The first-order chi connectivity index (χ1) is 19.0. The second-order valence-corrected chi connectivity index (χ2v) is 10.4. The van der Waals surface area contributed by atoms with Gasteiger partial charge in [-0.3, -0.25) is 4.98 Å². The summed E-state index contributed by atoms with van der Waals surface area (Å²) in [5.41, 5.74) is 4.58. The Morgan fingerprint density at radius 2 is 1.72 bits per heavy atom. The quantitative estimate of drug-likeness (QED) is 0.213. The van der Waals surface area contributed by atoms with Crippen molar-refractivity contribution in [1.29, 1.82) is 0 Å². The molecule has 0 bridgehead atoms. The van der Waals surface area contributed by atoms with Crippen LogP contribution in [0.15, 0.2) is 85.2 Å². The molecule has 1 N–H and O–H groups in total. The first-order valence-electron chi connectivity index (χ1n) is 13.1. The third kappa shape index (κ3) is 5.63. The van der Waals surface area contributed by atoms with Crippen molar-refractivity contribution >= 4 is 17.6 Å². The van der Waals surface area contributed by atoms with E-state index in [1.807, 2.05) is 54.9 Å². The van der Waals surface area contributed by atoms with Gasteiger partial charge in [0.1, 0.15) is 23.7 Å². The molecule has 4 aromatic rings. The number of carboxylic acid groups (broad SMARTS) is 1. The average molecular weight is 542 g/mol. The van der Waals surface area contributed by atoms with Gasteiger partial charge in [0.2, 0.25) is 0 Å². The number of aromatic carboxylic acids is 1. The molecule has 0 spiro atoms. The van der Waals surface area contributed by atoms with Crippen LogP contribution in [-0.2, 0) is 23.6 Å². The highest BCUT2D eigenvalue weighted by molar-refractivity contribution is 6.31. The van der Waals surface area contributed by atoms with Crippen LogP contribution >= 0.6 is 11.6 Å². The molecule has 2 fully saturated rings. The Kier molecular flexibility index (Phi) is 6.98. The number of carbonyl (C=O) groups is 1. The van der Waals surface area contributed by atoms with E-state index in [1.165, 1.54) is 6.07 Å². The van der Waals surface area contributed by atoms with Crippen molar-refractivity contribution in [3.05, 3.63) is 112 Å². The molecule has 0 radical (unpaired) electrons. The van der Waals surface area contributed by atoms with E-state index < -0.39 is 11.6 Å². The van der Waals surface area contributed by atoms with E-state index in [2.05, 4.69) is 11.1 Å². The minimum Gasteiger partial charge on any atom is -0.490 e. The molecule has 1 heterocycles. The van der Waals surface area contributed by atoms with Gasteiger partial charge < -0.3 is 19.3 Å². The molecular weight excluding hydrogens is 514 g/mol. The molecule has 1 aromatic heterocycles. The van der Waals surface area contributed by atoms with Crippen LogP contribution in [0.3, 0.4) is 0 Å². The maximum atomic E-state index is 11.5. The molecule has 198 valence electrons. The number of aromatic nitrogens is 1. The normalized spacial score (nSPS) is 15.5. The zero-order chi connectivity index (χ0) is 26.8. The number of para-hydroxylation sites is 2. The van der Waals surface area contributed by atoms with Crippen LogP contribution in [0.4, 0.5) is 0 Å². The highest BCUT2D eigenvalue weighted by Crippen LogP contribution is 2.53. The molecule has 2 aliphatic rings. The van der Waals surface area contributed by atoms with Crippen LogP contribution in [0.1, 0.15) is 52.7 Å². The molecule has 3 aromatic carbocycles. The Bertz CT molecular complexity index is 1510. The van der Waals surface area contributed by atoms with E-state index in [0.717, 1.165) is 59.3 Å². The van der Waals surface area contributed by atoms with Crippen molar-refractivity contribution in [2.75, 3.05) is 0 Å². The first kappa shape index (κ1) is 25.4. The summed E-state index contributed by atoms with van der Waals surface area (Å²) < 4.78 is 18.6. The fourth-order valence-electron chi connectivity index (χ4n) is 4.73. The van der Waals surface area contributed by atoms with Gasteiger partial charge in [0.15, 0.2) is 0 Å². The Hall–Kier alpha value is -3.87. The maximum Gasteiger partial charge on any atom is 0.339 e. The van der Waals surface area contributed by atoms with Crippen LogP contribution in [0, 0.1) is 0 Å². The van der Waals surface area contributed by atoms with Gasteiger partial charge in [-0.1, -0.05) is 48.0 Å².